The first kappa shape index (κ1) is 12.1. The summed E-state index contributed by atoms with van der Waals surface area (Å²) in [4.78, 5) is 24.8. The van der Waals surface area contributed by atoms with Gasteiger partial charge in [-0.15, -0.1) is 11.3 Å². The van der Waals surface area contributed by atoms with Gasteiger partial charge in [-0.05, 0) is 25.5 Å². The van der Waals surface area contributed by atoms with E-state index in [1.165, 1.54) is 12.1 Å². The van der Waals surface area contributed by atoms with Crippen LogP contribution < -0.4 is 0 Å². The van der Waals surface area contributed by atoms with E-state index in [2.05, 4.69) is 0 Å². The minimum absolute atomic E-state index is 0.152. The number of β-amino-alcohol motifs (C(OH)–C–C–N with tert-alkyl or cyclic N) is 1. The summed E-state index contributed by atoms with van der Waals surface area (Å²) in [6.45, 7) is 2.50. The topological polar surface area (TPSA) is 77.8 Å². The molecule has 2 heterocycles. The number of carbonyl (C=O) groups is 2. The maximum Gasteiger partial charge on any atom is 0.345 e. The summed E-state index contributed by atoms with van der Waals surface area (Å²) >= 11 is 0.964. The van der Waals surface area contributed by atoms with E-state index in [-0.39, 0.29) is 10.8 Å². The summed E-state index contributed by atoms with van der Waals surface area (Å²) in [6, 6.07) is 2.94. The Hall–Kier alpha value is -1.40. The van der Waals surface area contributed by atoms with Crippen LogP contribution in [-0.2, 0) is 0 Å². The lowest BCUT2D eigenvalue weighted by molar-refractivity contribution is 0.0575. The van der Waals surface area contributed by atoms with E-state index >= 15 is 0 Å². The Morgan fingerprint density at radius 2 is 2.06 bits per heavy atom. The van der Waals surface area contributed by atoms with Crippen molar-refractivity contribution >= 4 is 23.2 Å². The maximum atomic E-state index is 12.0. The molecular formula is C11H13NO4S. The van der Waals surface area contributed by atoms with Gasteiger partial charge in [0.25, 0.3) is 5.91 Å². The van der Waals surface area contributed by atoms with Gasteiger partial charge in [0.1, 0.15) is 4.88 Å². The number of carboxylic acids is 1. The van der Waals surface area contributed by atoms with Crippen LogP contribution >= 0.6 is 11.3 Å². The lowest BCUT2D eigenvalue weighted by Gasteiger charge is -2.18. The molecule has 1 atom stereocenters. The van der Waals surface area contributed by atoms with Crippen LogP contribution in [0.4, 0.5) is 0 Å². The summed E-state index contributed by atoms with van der Waals surface area (Å²) in [6.07, 6.45) is 0.551. The standard InChI is InChI=1S/C11H13NO4S/c1-11(16)4-5-12(6-11)9(13)7-2-3-8(17-7)10(14)15/h2-3,16H,4-6H2,1H3,(H,14,15). The third-order valence-corrected chi connectivity index (χ3v) is 3.83. The van der Waals surface area contributed by atoms with Crippen molar-refractivity contribution < 1.29 is 19.8 Å². The van der Waals surface area contributed by atoms with Crippen molar-refractivity contribution in [3.8, 4) is 0 Å². The first-order valence-corrected chi connectivity index (χ1v) is 6.05. The fourth-order valence-electron chi connectivity index (χ4n) is 1.84. The zero-order valence-electron chi connectivity index (χ0n) is 9.34. The van der Waals surface area contributed by atoms with Crippen molar-refractivity contribution in [2.75, 3.05) is 13.1 Å². The Labute approximate surface area is 102 Å². The second kappa shape index (κ2) is 4.12. The number of hydrogen-bond donors (Lipinski definition) is 2. The number of rotatable bonds is 2. The molecule has 2 rings (SSSR count). The van der Waals surface area contributed by atoms with Gasteiger partial charge < -0.3 is 15.1 Å². The van der Waals surface area contributed by atoms with Gasteiger partial charge in [-0.3, -0.25) is 4.79 Å². The van der Waals surface area contributed by atoms with Crippen LogP contribution in [0, 0.1) is 0 Å². The molecule has 0 aliphatic carbocycles. The molecule has 1 unspecified atom stereocenters. The summed E-state index contributed by atoms with van der Waals surface area (Å²) < 4.78 is 0. The number of likely N-dealkylation sites (tertiary alicyclic amines) is 1. The summed E-state index contributed by atoms with van der Waals surface area (Å²) in [7, 11) is 0. The number of carboxylic acid groups (broad SMARTS) is 1. The van der Waals surface area contributed by atoms with Crippen LogP contribution in [0.25, 0.3) is 0 Å². The van der Waals surface area contributed by atoms with Gasteiger partial charge in [-0.2, -0.15) is 0 Å². The number of hydrogen-bond acceptors (Lipinski definition) is 4. The quantitative estimate of drug-likeness (QED) is 0.827. The Balaban J connectivity index is 2.12. The average molecular weight is 255 g/mol. The van der Waals surface area contributed by atoms with E-state index in [1.807, 2.05) is 0 Å². The molecule has 1 saturated heterocycles. The molecule has 2 N–H and O–H groups in total. The van der Waals surface area contributed by atoms with Crippen molar-refractivity contribution in [1.82, 2.24) is 4.90 Å². The first-order chi connectivity index (χ1) is 7.89. The van der Waals surface area contributed by atoms with Crippen molar-refractivity contribution in [2.45, 2.75) is 18.9 Å². The van der Waals surface area contributed by atoms with Gasteiger partial charge >= 0.3 is 5.97 Å². The van der Waals surface area contributed by atoms with Crippen LogP contribution in [-0.4, -0.2) is 45.7 Å². The minimum Gasteiger partial charge on any atom is -0.477 e. The predicted octanol–water partition coefficient (Wildman–Crippen LogP) is 1.04. The molecule has 6 heteroatoms. The lowest BCUT2D eigenvalue weighted by Crippen LogP contribution is -2.33. The van der Waals surface area contributed by atoms with E-state index in [4.69, 9.17) is 5.11 Å². The Morgan fingerprint density at radius 1 is 1.41 bits per heavy atom. The van der Waals surface area contributed by atoms with Gasteiger partial charge in [-0.25, -0.2) is 4.79 Å². The Bertz CT molecular complexity index is 466. The summed E-state index contributed by atoms with van der Waals surface area (Å²) in [5.74, 6) is -1.23. The third kappa shape index (κ3) is 2.48. The maximum absolute atomic E-state index is 12.0. The molecule has 92 valence electrons. The number of aromatic carboxylic acids is 1. The van der Waals surface area contributed by atoms with Crippen LogP contribution in [0.15, 0.2) is 12.1 Å². The largest absolute Gasteiger partial charge is 0.477 e. The smallest absolute Gasteiger partial charge is 0.345 e. The van der Waals surface area contributed by atoms with E-state index in [0.717, 1.165) is 11.3 Å². The molecule has 5 nitrogen and oxygen atoms in total. The van der Waals surface area contributed by atoms with Crippen LogP contribution in [0.1, 0.15) is 32.7 Å². The monoisotopic (exact) mass is 255 g/mol. The van der Waals surface area contributed by atoms with E-state index in [9.17, 15) is 14.7 Å². The fourth-order valence-corrected chi connectivity index (χ4v) is 2.65. The SMILES string of the molecule is CC1(O)CCN(C(=O)c2ccc(C(=O)O)s2)C1. The average Bonchev–Trinajstić information content (AvgIpc) is 2.83. The van der Waals surface area contributed by atoms with Gasteiger partial charge in [0.15, 0.2) is 0 Å². The molecule has 1 aliphatic rings. The van der Waals surface area contributed by atoms with Crippen molar-refractivity contribution in [3.63, 3.8) is 0 Å². The molecule has 0 saturated carbocycles. The van der Waals surface area contributed by atoms with Gasteiger partial charge in [0.05, 0.1) is 10.5 Å². The molecule has 0 bridgehead atoms. The molecule has 17 heavy (non-hydrogen) atoms. The molecule has 1 aromatic heterocycles. The molecule has 1 aliphatic heterocycles. The van der Waals surface area contributed by atoms with Gasteiger partial charge in [-0.1, -0.05) is 0 Å². The second-order valence-electron chi connectivity index (χ2n) is 4.44. The molecule has 0 radical (unpaired) electrons. The molecule has 0 aromatic carbocycles. The molecule has 1 amide bonds. The Kier molecular flexibility index (Phi) is 2.92. The number of amides is 1. The first-order valence-electron chi connectivity index (χ1n) is 5.24. The van der Waals surface area contributed by atoms with E-state index < -0.39 is 11.6 Å². The normalized spacial score (nSPS) is 24.0. The van der Waals surface area contributed by atoms with Crippen LogP contribution in [0.2, 0.25) is 0 Å². The summed E-state index contributed by atoms with van der Waals surface area (Å²) in [5, 5.41) is 18.5. The van der Waals surface area contributed by atoms with Gasteiger partial charge in [0.2, 0.25) is 0 Å². The Morgan fingerprint density at radius 3 is 2.53 bits per heavy atom. The number of carbonyl (C=O) groups excluding carboxylic acids is 1. The molecule has 1 fully saturated rings. The molecular weight excluding hydrogens is 242 g/mol. The third-order valence-electron chi connectivity index (χ3n) is 2.77. The van der Waals surface area contributed by atoms with Crippen molar-refractivity contribution in [1.29, 1.82) is 0 Å². The summed E-state index contributed by atoms with van der Waals surface area (Å²) in [5.41, 5.74) is -0.831. The highest BCUT2D eigenvalue weighted by Gasteiger charge is 2.34. The number of thiophene rings is 1. The van der Waals surface area contributed by atoms with E-state index in [1.54, 1.807) is 11.8 Å². The highest BCUT2D eigenvalue weighted by molar-refractivity contribution is 7.15. The van der Waals surface area contributed by atoms with Crippen molar-refractivity contribution in [2.24, 2.45) is 0 Å². The van der Waals surface area contributed by atoms with Crippen molar-refractivity contribution in [3.05, 3.63) is 21.9 Å². The zero-order valence-corrected chi connectivity index (χ0v) is 10.2. The predicted molar refractivity (Wildman–Crippen MR) is 62.4 cm³/mol. The number of nitrogens with zero attached hydrogens (tertiary/aromatic N) is 1. The molecule has 1 aromatic rings. The number of aliphatic hydroxyl groups is 1. The van der Waals surface area contributed by atoms with Crippen LogP contribution in [0.5, 0.6) is 0 Å². The lowest BCUT2D eigenvalue weighted by atomic mass is 10.1. The minimum atomic E-state index is -1.03. The molecule has 0 spiro atoms. The van der Waals surface area contributed by atoms with Gasteiger partial charge in [0, 0.05) is 13.1 Å². The van der Waals surface area contributed by atoms with E-state index in [0.29, 0.717) is 24.4 Å². The fraction of sp³-hybridized carbons (Fsp3) is 0.455. The second-order valence-corrected chi connectivity index (χ2v) is 5.53. The zero-order chi connectivity index (χ0) is 12.6. The highest BCUT2D eigenvalue weighted by atomic mass is 32.1. The van der Waals surface area contributed by atoms with Crippen LogP contribution in [0.3, 0.4) is 0 Å². The highest BCUT2D eigenvalue weighted by Crippen LogP contribution is 2.24.